The van der Waals surface area contributed by atoms with Crippen molar-refractivity contribution in [2.24, 2.45) is 0 Å². The van der Waals surface area contributed by atoms with Gasteiger partial charge < -0.3 is 4.74 Å². The van der Waals surface area contributed by atoms with E-state index in [9.17, 15) is 10.1 Å². The van der Waals surface area contributed by atoms with E-state index in [2.05, 4.69) is 11.2 Å². The molecule has 0 heterocycles. The predicted octanol–water partition coefficient (Wildman–Crippen LogP) is 4.30. The van der Waals surface area contributed by atoms with Crippen LogP contribution >= 0.6 is 6.19 Å². The van der Waals surface area contributed by atoms with Crippen LogP contribution in [0.4, 0.5) is 0 Å². The maximum atomic E-state index is 13.4. The van der Waals surface area contributed by atoms with Crippen LogP contribution in [0.2, 0.25) is 0 Å². The molecule has 3 aromatic rings. The third-order valence-electron chi connectivity index (χ3n) is 5.07. The number of nitrogens with one attached hydrogen (secondary N) is 1. The van der Waals surface area contributed by atoms with Gasteiger partial charge in [0.2, 0.25) is 0 Å². The molecule has 0 aliphatic heterocycles. The summed E-state index contributed by atoms with van der Waals surface area (Å²) in [4.78, 5) is 13.4. The highest BCUT2D eigenvalue weighted by molar-refractivity contribution is 8.21. The molecule has 0 aliphatic rings. The summed E-state index contributed by atoms with van der Waals surface area (Å²) in [5.74, 6) is -0.497. The largest absolute Gasteiger partial charge is 0.464 e. The van der Waals surface area contributed by atoms with Crippen molar-refractivity contribution in [2.75, 3.05) is 6.61 Å². The molecule has 3 aromatic carbocycles. The van der Waals surface area contributed by atoms with Crippen LogP contribution in [0.3, 0.4) is 0 Å². The smallest absolute Gasteiger partial charge is 0.332 e. The minimum atomic E-state index is -2.70. The molecule has 0 saturated heterocycles. The van der Waals surface area contributed by atoms with Gasteiger partial charge in [-0.1, -0.05) is 102 Å². The number of aryl methyl sites for hydroxylation is 1. The van der Waals surface area contributed by atoms with Gasteiger partial charge in [-0.3, -0.25) is 5.09 Å². The Kier molecular flexibility index (Phi) is 7.41. The Bertz CT molecular complexity index is 1090. The summed E-state index contributed by atoms with van der Waals surface area (Å²) in [6.45, 7) is 3.92. The van der Waals surface area contributed by atoms with Crippen LogP contribution in [-0.4, -0.2) is 12.6 Å². The van der Waals surface area contributed by atoms with Crippen LogP contribution in [0.25, 0.3) is 0 Å². The molecule has 0 unspecified atom stereocenters. The molecule has 0 bridgehead atoms. The molecule has 0 aliphatic carbocycles. The van der Waals surface area contributed by atoms with Crippen molar-refractivity contribution < 1.29 is 9.53 Å². The van der Waals surface area contributed by atoms with E-state index < -0.39 is 17.7 Å². The number of hydrogen-bond acceptors (Lipinski definition) is 4. The fourth-order valence-corrected chi connectivity index (χ4v) is 7.32. The maximum Gasteiger partial charge on any atom is 0.332 e. The Balaban J connectivity index is 2.28. The molecular formula is C25H25N2O2PS. The van der Waals surface area contributed by atoms with Gasteiger partial charge in [0.15, 0.2) is 5.54 Å². The molecule has 0 amide bonds. The van der Waals surface area contributed by atoms with Crippen LogP contribution in [0, 0.1) is 18.3 Å². The first-order valence-electron chi connectivity index (χ1n) is 10.1. The third kappa shape index (κ3) is 4.78. The van der Waals surface area contributed by atoms with E-state index in [1.54, 1.807) is 6.92 Å². The first kappa shape index (κ1) is 22.9. The van der Waals surface area contributed by atoms with Crippen molar-refractivity contribution in [1.29, 1.82) is 5.26 Å². The molecule has 0 spiro atoms. The van der Waals surface area contributed by atoms with Gasteiger partial charge in [-0.05, 0) is 19.4 Å². The number of hydrogen-bond donors (Lipinski definition) is 1. The number of ether oxygens (including phenoxy) is 1. The normalized spacial score (nSPS) is 13.1. The first-order valence-corrected chi connectivity index (χ1v) is 12.9. The van der Waals surface area contributed by atoms with Crippen molar-refractivity contribution in [2.45, 2.75) is 25.8 Å². The standard InChI is InChI=1S/C25H25N2O2PS/c1-3-29-24(28)25(17-18-26,21-12-10-11-20(2)19-21)27-30(31,22-13-6-4-7-14-22)23-15-8-5-9-16-23/h4-16,19H,3,17H2,1-2H3,(H,27,31)/t25-/m1/s1. The van der Waals surface area contributed by atoms with Crippen LogP contribution < -0.4 is 15.7 Å². The quantitative estimate of drug-likeness (QED) is 0.411. The molecule has 0 fully saturated rings. The van der Waals surface area contributed by atoms with Gasteiger partial charge in [0.25, 0.3) is 0 Å². The summed E-state index contributed by atoms with van der Waals surface area (Å²) in [5.41, 5.74) is 0.269. The number of esters is 1. The van der Waals surface area contributed by atoms with Gasteiger partial charge in [-0.15, -0.1) is 0 Å². The molecule has 31 heavy (non-hydrogen) atoms. The first-order chi connectivity index (χ1) is 15.0. The lowest BCUT2D eigenvalue weighted by Crippen LogP contribution is -2.51. The maximum absolute atomic E-state index is 13.4. The summed E-state index contributed by atoms with van der Waals surface area (Å²) in [6, 6.07) is 29.3. The van der Waals surface area contributed by atoms with Crippen molar-refractivity contribution in [3.63, 3.8) is 0 Å². The van der Waals surface area contributed by atoms with Crippen molar-refractivity contribution in [1.82, 2.24) is 5.09 Å². The van der Waals surface area contributed by atoms with Gasteiger partial charge in [-0.2, -0.15) is 5.26 Å². The van der Waals surface area contributed by atoms with Crippen molar-refractivity contribution in [3.05, 3.63) is 96.1 Å². The van der Waals surface area contributed by atoms with E-state index in [-0.39, 0.29) is 13.0 Å². The summed E-state index contributed by atoms with van der Waals surface area (Å²) in [6.07, 6.45) is -2.81. The van der Waals surface area contributed by atoms with E-state index >= 15 is 0 Å². The van der Waals surface area contributed by atoms with E-state index in [0.29, 0.717) is 5.56 Å². The molecule has 3 rings (SSSR count). The van der Waals surface area contributed by atoms with Gasteiger partial charge >= 0.3 is 5.97 Å². The Morgan fingerprint density at radius 2 is 1.61 bits per heavy atom. The van der Waals surface area contributed by atoms with Gasteiger partial charge in [0, 0.05) is 10.6 Å². The number of nitrogens with zero attached hydrogens (tertiary/aromatic N) is 1. The number of nitriles is 1. The number of carbonyl (C=O) groups excluding carboxylic acids is 1. The second kappa shape index (κ2) is 10.0. The molecule has 0 aromatic heterocycles. The van der Waals surface area contributed by atoms with Crippen molar-refractivity contribution >= 4 is 34.6 Å². The minimum Gasteiger partial charge on any atom is -0.464 e. The number of rotatable bonds is 8. The highest BCUT2D eigenvalue weighted by Crippen LogP contribution is 2.45. The van der Waals surface area contributed by atoms with E-state index in [1.165, 1.54) is 0 Å². The zero-order valence-corrected chi connectivity index (χ0v) is 19.3. The molecule has 1 atom stereocenters. The average molecular weight is 449 g/mol. The third-order valence-corrected chi connectivity index (χ3v) is 9.35. The Morgan fingerprint density at radius 1 is 1.03 bits per heavy atom. The monoisotopic (exact) mass is 448 g/mol. The Morgan fingerprint density at radius 3 is 2.10 bits per heavy atom. The highest BCUT2D eigenvalue weighted by atomic mass is 32.4. The SMILES string of the molecule is CCOC(=O)[C@](CC#N)(NP(=S)(c1ccccc1)c1ccccc1)c1cccc(C)c1. The highest BCUT2D eigenvalue weighted by Gasteiger charge is 2.46. The van der Waals surface area contributed by atoms with Crippen molar-refractivity contribution in [3.8, 4) is 6.07 Å². The second-order valence-electron chi connectivity index (χ2n) is 7.22. The summed E-state index contributed by atoms with van der Waals surface area (Å²) in [7, 11) is 0. The van der Waals surface area contributed by atoms with E-state index in [1.807, 2.05) is 91.9 Å². The Labute approximate surface area is 188 Å². The number of benzene rings is 3. The molecule has 1 N–H and O–H groups in total. The predicted molar refractivity (Wildman–Crippen MR) is 129 cm³/mol. The average Bonchev–Trinajstić information content (AvgIpc) is 2.80. The number of carbonyl (C=O) groups is 1. The summed E-state index contributed by atoms with van der Waals surface area (Å²) >= 11 is 6.32. The van der Waals surface area contributed by atoms with Gasteiger partial charge in [0.1, 0.15) is 0 Å². The molecule has 6 heteroatoms. The molecule has 158 valence electrons. The topological polar surface area (TPSA) is 62.1 Å². The fourth-order valence-electron chi connectivity index (χ4n) is 3.55. The Hall–Kier alpha value is -2.77. The van der Waals surface area contributed by atoms with E-state index in [0.717, 1.165) is 16.2 Å². The lowest BCUT2D eigenvalue weighted by Gasteiger charge is -2.37. The summed E-state index contributed by atoms with van der Waals surface area (Å²) in [5, 5.41) is 15.1. The zero-order valence-electron chi connectivity index (χ0n) is 17.6. The van der Waals surface area contributed by atoms with Crippen LogP contribution in [0.1, 0.15) is 24.5 Å². The van der Waals surface area contributed by atoms with Crippen LogP contribution in [0.5, 0.6) is 0 Å². The zero-order chi connectivity index (χ0) is 22.3. The van der Waals surface area contributed by atoms with Crippen LogP contribution in [-0.2, 0) is 26.9 Å². The van der Waals surface area contributed by atoms with Gasteiger partial charge in [0.05, 0.1) is 25.3 Å². The molecular weight excluding hydrogens is 423 g/mol. The second-order valence-corrected chi connectivity index (χ2v) is 11.3. The minimum absolute atomic E-state index is 0.104. The fraction of sp³-hybridized carbons (Fsp3) is 0.200. The lowest BCUT2D eigenvalue weighted by molar-refractivity contribution is -0.150. The summed E-state index contributed by atoms with van der Waals surface area (Å²) < 4.78 is 5.49. The van der Waals surface area contributed by atoms with Crippen LogP contribution in [0.15, 0.2) is 84.9 Å². The molecule has 0 radical (unpaired) electrons. The van der Waals surface area contributed by atoms with Gasteiger partial charge in [-0.25, -0.2) is 4.79 Å². The van der Waals surface area contributed by atoms with E-state index in [4.69, 9.17) is 16.5 Å². The molecule has 0 saturated carbocycles. The molecule has 4 nitrogen and oxygen atoms in total. The lowest BCUT2D eigenvalue weighted by atomic mass is 9.87.